The van der Waals surface area contributed by atoms with Crippen LogP contribution in [0.15, 0.2) is 18.2 Å². The van der Waals surface area contributed by atoms with Crippen LogP contribution in [0.5, 0.6) is 0 Å². The van der Waals surface area contributed by atoms with Gasteiger partial charge < -0.3 is 15.5 Å². The van der Waals surface area contributed by atoms with Gasteiger partial charge in [0.05, 0.1) is 0 Å². The van der Waals surface area contributed by atoms with Gasteiger partial charge in [0, 0.05) is 43.0 Å². The molecule has 1 saturated heterocycles. The van der Waals surface area contributed by atoms with Crippen molar-refractivity contribution in [2.45, 2.75) is 19.4 Å². The zero-order valence-corrected chi connectivity index (χ0v) is 11.8. The lowest BCUT2D eigenvalue weighted by Gasteiger charge is -2.25. The van der Waals surface area contributed by atoms with E-state index in [1.807, 2.05) is 12.1 Å². The molecule has 1 aliphatic heterocycles. The van der Waals surface area contributed by atoms with Gasteiger partial charge in [0.25, 0.3) is 0 Å². The summed E-state index contributed by atoms with van der Waals surface area (Å²) in [6.07, 6.45) is 2.68. The second-order valence-electron chi connectivity index (χ2n) is 4.91. The SMILES string of the molecule is CN(CCN1CCCC1)c1cccc(Cl)c1CN. The van der Waals surface area contributed by atoms with Gasteiger partial charge in [0.2, 0.25) is 0 Å². The van der Waals surface area contributed by atoms with Crippen LogP contribution in [0.1, 0.15) is 18.4 Å². The average Bonchev–Trinajstić information content (AvgIpc) is 2.88. The van der Waals surface area contributed by atoms with Gasteiger partial charge in [0.1, 0.15) is 0 Å². The van der Waals surface area contributed by atoms with E-state index in [0.717, 1.165) is 29.4 Å². The molecule has 1 aliphatic rings. The minimum atomic E-state index is 0.489. The zero-order chi connectivity index (χ0) is 13.0. The van der Waals surface area contributed by atoms with Gasteiger partial charge in [-0.25, -0.2) is 0 Å². The van der Waals surface area contributed by atoms with Crippen LogP contribution in [-0.4, -0.2) is 38.1 Å². The highest BCUT2D eigenvalue weighted by Crippen LogP contribution is 2.26. The molecule has 0 radical (unpaired) electrons. The summed E-state index contributed by atoms with van der Waals surface area (Å²) in [6, 6.07) is 5.99. The first-order valence-corrected chi connectivity index (χ1v) is 7.01. The Morgan fingerprint density at radius 2 is 2.06 bits per heavy atom. The van der Waals surface area contributed by atoms with E-state index < -0.39 is 0 Å². The molecule has 1 aromatic carbocycles. The summed E-state index contributed by atoms with van der Waals surface area (Å²) in [5.41, 5.74) is 7.99. The van der Waals surface area contributed by atoms with Crippen LogP contribution >= 0.6 is 11.6 Å². The van der Waals surface area contributed by atoms with E-state index >= 15 is 0 Å². The summed E-state index contributed by atoms with van der Waals surface area (Å²) in [5.74, 6) is 0. The van der Waals surface area contributed by atoms with Gasteiger partial charge in [-0.3, -0.25) is 0 Å². The van der Waals surface area contributed by atoms with Crippen molar-refractivity contribution < 1.29 is 0 Å². The second kappa shape index (κ2) is 6.41. The van der Waals surface area contributed by atoms with Crippen molar-refractivity contribution in [3.8, 4) is 0 Å². The molecule has 2 rings (SSSR count). The highest BCUT2D eigenvalue weighted by Gasteiger charge is 2.14. The average molecular weight is 268 g/mol. The molecule has 0 amide bonds. The molecule has 2 N–H and O–H groups in total. The van der Waals surface area contributed by atoms with E-state index in [2.05, 4.69) is 22.9 Å². The number of nitrogens with zero attached hydrogens (tertiary/aromatic N) is 2. The number of likely N-dealkylation sites (N-methyl/N-ethyl adjacent to an activating group) is 1. The lowest BCUT2D eigenvalue weighted by Crippen LogP contribution is -2.32. The van der Waals surface area contributed by atoms with Gasteiger partial charge in [-0.05, 0) is 38.1 Å². The summed E-state index contributed by atoms with van der Waals surface area (Å²) in [7, 11) is 2.11. The molecule has 0 saturated carbocycles. The van der Waals surface area contributed by atoms with Crippen LogP contribution in [-0.2, 0) is 6.54 Å². The Balaban J connectivity index is 1.99. The molecular weight excluding hydrogens is 246 g/mol. The standard InChI is InChI=1S/C14H22ClN3/c1-17(9-10-18-7-2-3-8-18)14-6-4-5-13(15)12(14)11-16/h4-6H,2-3,7-11,16H2,1H3. The van der Waals surface area contributed by atoms with Crippen LogP contribution < -0.4 is 10.6 Å². The first-order chi connectivity index (χ1) is 8.72. The number of rotatable bonds is 5. The van der Waals surface area contributed by atoms with Crippen molar-refractivity contribution in [3.63, 3.8) is 0 Å². The van der Waals surface area contributed by atoms with E-state index in [1.54, 1.807) is 0 Å². The smallest absolute Gasteiger partial charge is 0.0471 e. The number of anilines is 1. The molecule has 1 aromatic rings. The zero-order valence-electron chi connectivity index (χ0n) is 11.0. The normalized spacial score (nSPS) is 16.2. The van der Waals surface area contributed by atoms with E-state index in [0.29, 0.717) is 6.54 Å². The summed E-state index contributed by atoms with van der Waals surface area (Å²) in [4.78, 5) is 4.77. The molecule has 0 aliphatic carbocycles. The third-order valence-corrected chi connectivity index (χ3v) is 4.01. The molecule has 1 fully saturated rings. The van der Waals surface area contributed by atoms with Crippen molar-refractivity contribution in [3.05, 3.63) is 28.8 Å². The predicted octanol–water partition coefficient (Wildman–Crippen LogP) is 2.33. The molecule has 18 heavy (non-hydrogen) atoms. The second-order valence-corrected chi connectivity index (χ2v) is 5.32. The molecule has 100 valence electrons. The van der Waals surface area contributed by atoms with Crippen molar-refractivity contribution in [1.82, 2.24) is 4.90 Å². The van der Waals surface area contributed by atoms with Gasteiger partial charge in [-0.2, -0.15) is 0 Å². The van der Waals surface area contributed by atoms with Gasteiger partial charge >= 0.3 is 0 Å². The maximum absolute atomic E-state index is 6.18. The summed E-state index contributed by atoms with van der Waals surface area (Å²) < 4.78 is 0. The summed E-state index contributed by atoms with van der Waals surface area (Å²) in [6.45, 7) is 5.11. The maximum Gasteiger partial charge on any atom is 0.0471 e. The van der Waals surface area contributed by atoms with Crippen molar-refractivity contribution >= 4 is 17.3 Å². The molecule has 0 unspecified atom stereocenters. The van der Waals surface area contributed by atoms with Crippen LogP contribution in [0.3, 0.4) is 0 Å². The minimum Gasteiger partial charge on any atom is -0.373 e. The molecule has 4 heteroatoms. The van der Waals surface area contributed by atoms with Gasteiger partial charge in [-0.1, -0.05) is 17.7 Å². The topological polar surface area (TPSA) is 32.5 Å². The highest BCUT2D eigenvalue weighted by molar-refractivity contribution is 6.31. The molecule has 0 bridgehead atoms. The van der Waals surface area contributed by atoms with E-state index in [4.69, 9.17) is 17.3 Å². The third kappa shape index (κ3) is 3.16. The van der Waals surface area contributed by atoms with Gasteiger partial charge in [0.15, 0.2) is 0 Å². The monoisotopic (exact) mass is 267 g/mol. The number of likely N-dealkylation sites (tertiary alicyclic amines) is 1. The van der Waals surface area contributed by atoms with Gasteiger partial charge in [-0.15, -0.1) is 0 Å². The summed E-state index contributed by atoms with van der Waals surface area (Å²) >= 11 is 6.18. The van der Waals surface area contributed by atoms with Crippen LogP contribution in [0.4, 0.5) is 5.69 Å². The predicted molar refractivity (Wildman–Crippen MR) is 78.3 cm³/mol. The number of nitrogens with two attached hydrogens (primary N) is 1. The Morgan fingerprint density at radius 1 is 1.33 bits per heavy atom. The lowest BCUT2D eigenvalue weighted by atomic mass is 10.1. The number of hydrogen-bond acceptors (Lipinski definition) is 3. The maximum atomic E-state index is 6.18. The number of halogens is 1. The lowest BCUT2D eigenvalue weighted by molar-refractivity contribution is 0.346. The largest absolute Gasteiger partial charge is 0.373 e. The number of hydrogen-bond donors (Lipinski definition) is 1. The van der Waals surface area contributed by atoms with Crippen molar-refractivity contribution in [1.29, 1.82) is 0 Å². The van der Waals surface area contributed by atoms with Crippen LogP contribution in [0.25, 0.3) is 0 Å². The van der Waals surface area contributed by atoms with Crippen molar-refractivity contribution in [2.24, 2.45) is 5.73 Å². The Kier molecular flexibility index (Phi) is 4.87. The molecule has 3 nitrogen and oxygen atoms in total. The van der Waals surface area contributed by atoms with E-state index in [-0.39, 0.29) is 0 Å². The van der Waals surface area contributed by atoms with Crippen LogP contribution in [0.2, 0.25) is 5.02 Å². The molecule has 1 heterocycles. The first kappa shape index (κ1) is 13.7. The van der Waals surface area contributed by atoms with E-state index in [1.165, 1.54) is 25.9 Å². The minimum absolute atomic E-state index is 0.489. The summed E-state index contributed by atoms with van der Waals surface area (Å²) in [5, 5.41) is 0.767. The molecule has 0 aromatic heterocycles. The highest BCUT2D eigenvalue weighted by atomic mass is 35.5. The van der Waals surface area contributed by atoms with Crippen LogP contribution in [0, 0.1) is 0 Å². The van der Waals surface area contributed by atoms with E-state index in [9.17, 15) is 0 Å². The Bertz CT molecular complexity index is 389. The first-order valence-electron chi connectivity index (χ1n) is 6.63. The van der Waals surface area contributed by atoms with Crippen molar-refractivity contribution in [2.75, 3.05) is 38.1 Å². The molecule has 0 spiro atoms. The molecular formula is C14H22ClN3. The Hall–Kier alpha value is -0.770. The quantitative estimate of drug-likeness (QED) is 0.889. The third-order valence-electron chi connectivity index (χ3n) is 3.66. The fourth-order valence-electron chi connectivity index (χ4n) is 2.53. The Morgan fingerprint density at radius 3 is 2.72 bits per heavy atom. The fraction of sp³-hybridized carbons (Fsp3) is 0.571. The molecule has 0 atom stereocenters. The Labute approximate surface area is 115 Å². The number of benzene rings is 1. The fourth-order valence-corrected chi connectivity index (χ4v) is 2.77.